The maximum absolute atomic E-state index is 4.25. The highest BCUT2D eigenvalue weighted by molar-refractivity contribution is 5.87. The van der Waals surface area contributed by atoms with Crippen LogP contribution >= 0.6 is 0 Å². The molecule has 90 valence electrons. The highest BCUT2D eigenvalue weighted by Crippen LogP contribution is 2.22. The molecular weight excluding hydrogens is 226 g/mol. The highest BCUT2D eigenvalue weighted by atomic mass is 15.2. The molecule has 1 aromatic carbocycles. The summed E-state index contributed by atoms with van der Waals surface area (Å²) in [7, 11) is 0. The van der Waals surface area contributed by atoms with Crippen LogP contribution in [0.4, 0.5) is 11.5 Å². The molecular formula is C13H13N5. The van der Waals surface area contributed by atoms with Crippen LogP contribution < -0.4 is 5.32 Å². The maximum atomic E-state index is 4.25. The first-order valence-corrected chi connectivity index (χ1v) is 5.72. The molecule has 0 saturated heterocycles. The number of nitrogens with one attached hydrogen (secondary N) is 2. The van der Waals surface area contributed by atoms with Gasteiger partial charge in [-0.3, -0.25) is 5.10 Å². The van der Waals surface area contributed by atoms with Crippen LogP contribution in [-0.2, 0) is 0 Å². The van der Waals surface area contributed by atoms with Gasteiger partial charge < -0.3 is 5.32 Å². The van der Waals surface area contributed by atoms with Crippen molar-refractivity contribution in [2.75, 3.05) is 5.32 Å². The van der Waals surface area contributed by atoms with Crippen LogP contribution in [0.5, 0.6) is 0 Å². The number of anilines is 2. The number of aromatic amines is 1. The molecule has 0 bridgehead atoms. The fourth-order valence-electron chi connectivity index (χ4n) is 2.05. The van der Waals surface area contributed by atoms with Gasteiger partial charge in [-0.05, 0) is 37.1 Å². The Morgan fingerprint density at radius 1 is 1.06 bits per heavy atom. The minimum atomic E-state index is 0.733. The normalized spacial score (nSPS) is 10.8. The molecule has 2 N–H and O–H groups in total. The van der Waals surface area contributed by atoms with Gasteiger partial charge in [0, 0.05) is 5.69 Å². The molecule has 0 aliphatic carbocycles. The van der Waals surface area contributed by atoms with E-state index in [4.69, 9.17) is 0 Å². The topological polar surface area (TPSA) is 66.5 Å². The van der Waals surface area contributed by atoms with E-state index in [0.29, 0.717) is 0 Å². The highest BCUT2D eigenvalue weighted by Gasteiger charge is 2.05. The van der Waals surface area contributed by atoms with E-state index in [1.807, 2.05) is 0 Å². The lowest BCUT2D eigenvalue weighted by Crippen LogP contribution is -1.96. The molecule has 3 rings (SSSR count). The van der Waals surface area contributed by atoms with Gasteiger partial charge in [0.1, 0.15) is 12.1 Å². The summed E-state index contributed by atoms with van der Waals surface area (Å²) >= 11 is 0. The van der Waals surface area contributed by atoms with Crippen molar-refractivity contribution in [3.63, 3.8) is 0 Å². The summed E-state index contributed by atoms with van der Waals surface area (Å²) in [6.45, 7) is 4.15. The van der Waals surface area contributed by atoms with Crippen molar-refractivity contribution in [3.05, 3.63) is 41.9 Å². The molecule has 0 radical (unpaired) electrons. The second kappa shape index (κ2) is 4.10. The Kier molecular flexibility index (Phi) is 2.44. The third kappa shape index (κ3) is 1.90. The Hall–Kier alpha value is -2.43. The number of hydrogen-bond donors (Lipinski definition) is 2. The van der Waals surface area contributed by atoms with Gasteiger partial charge in [0.05, 0.1) is 11.6 Å². The maximum Gasteiger partial charge on any atom is 0.160 e. The lowest BCUT2D eigenvalue weighted by atomic mass is 10.1. The first-order valence-electron chi connectivity index (χ1n) is 5.72. The van der Waals surface area contributed by atoms with Crippen LogP contribution in [0.15, 0.2) is 30.7 Å². The van der Waals surface area contributed by atoms with Crippen molar-refractivity contribution < 1.29 is 0 Å². The van der Waals surface area contributed by atoms with Gasteiger partial charge in [0.15, 0.2) is 5.65 Å². The molecule has 2 heterocycles. The van der Waals surface area contributed by atoms with Gasteiger partial charge in [0.2, 0.25) is 0 Å². The summed E-state index contributed by atoms with van der Waals surface area (Å²) in [4.78, 5) is 8.36. The molecule has 3 aromatic rings. The zero-order valence-corrected chi connectivity index (χ0v) is 10.2. The zero-order chi connectivity index (χ0) is 12.5. The van der Waals surface area contributed by atoms with Gasteiger partial charge in [-0.25, -0.2) is 9.97 Å². The second-order valence-corrected chi connectivity index (χ2v) is 4.36. The van der Waals surface area contributed by atoms with Crippen molar-refractivity contribution in [1.29, 1.82) is 0 Å². The Labute approximate surface area is 104 Å². The minimum Gasteiger partial charge on any atom is -0.340 e. The second-order valence-electron chi connectivity index (χ2n) is 4.36. The summed E-state index contributed by atoms with van der Waals surface area (Å²) in [5.41, 5.74) is 4.19. The van der Waals surface area contributed by atoms with Crippen molar-refractivity contribution in [2.45, 2.75) is 13.8 Å². The molecule has 5 nitrogen and oxygen atoms in total. The van der Waals surface area contributed by atoms with E-state index in [0.717, 1.165) is 22.5 Å². The van der Waals surface area contributed by atoms with Crippen LogP contribution in [-0.4, -0.2) is 20.2 Å². The number of aromatic nitrogens is 4. The number of nitrogens with zero attached hydrogens (tertiary/aromatic N) is 3. The number of aryl methyl sites for hydroxylation is 2. The predicted octanol–water partition coefficient (Wildman–Crippen LogP) is 2.71. The van der Waals surface area contributed by atoms with Gasteiger partial charge in [-0.1, -0.05) is 6.07 Å². The van der Waals surface area contributed by atoms with Gasteiger partial charge in [-0.2, -0.15) is 5.10 Å². The molecule has 0 aliphatic heterocycles. The molecule has 0 amide bonds. The van der Waals surface area contributed by atoms with Crippen molar-refractivity contribution in [1.82, 2.24) is 20.2 Å². The van der Waals surface area contributed by atoms with E-state index in [-0.39, 0.29) is 0 Å². The predicted molar refractivity (Wildman–Crippen MR) is 70.9 cm³/mol. The van der Waals surface area contributed by atoms with Gasteiger partial charge in [-0.15, -0.1) is 0 Å². The summed E-state index contributed by atoms with van der Waals surface area (Å²) in [6.07, 6.45) is 3.24. The van der Waals surface area contributed by atoms with Gasteiger partial charge in [0.25, 0.3) is 0 Å². The van der Waals surface area contributed by atoms with E-state index in [2.05, 4.69) is 57.5 Å². The number of H-pyrrole nitrogens is 1. The molecule has 0 fully saturated rings. The largest absolute Gasteiger partial charge is 0.340 e. The lowest BCUT2D eigenvalue weighted by Gasteiger charge is -2.08. The number of hydrogen-bond acceptors (Lipinski definition) is 4. The Bertz CT molecular complexity index is 681. The first-order chi connectivity index (χ1) is 8.72. The van der Waals surface area contributed by atoms with E-state index in [9.17, 15) is 0 Å². The summed E-state index contributed by atoms with van der Waals surface area (Å²) < 4.78 is 0. The molecule has 0 saturated carbocycles. The van der Waals surface area contributed by atoms with Crippen LogP contribution in [0.3, 0.4) is 0 Å². The van der Waals surface area contributed by atoms with Crippen LogP contribution in [0.2, 0.25) is 0 Å². The molecule has 5 heteroatoms. The van der Waals surface area contributed by atoms with E-state index in [1.54, 1.807) is 6.20 Å². The van der Waals surface area contributed by atoms with Gasteiger partial charge >= 0.3 is 0 Å². The molecule has 0 unspecified atom stereocenters. The molecule has 0 aliphatic rings. The SMILES string of the molecule is Cc1cc(C)cc(Nc2ncnc3[nH]ncc23)c1. The minimum absolute atomic E-state index is 0.733. The number of fused-ring (bicyclic) bond motifs is 1. The van der Waals surface area contributed by atoms with E-state index >= 15 is 0 Å². The molecule has 2 aromatic heterocycles. The Balaban J connectivity index is 2.03. The molecule has 0 spiro atoms. The first kappa shape index (κ1) is 10.7. The zero-order valence-electron chi connectivity index (χ0n) is 10.2. The van der Waals surface area contributed by atoms with Crippen molar-refractivity contribution in [2.24, 2.45) is 0 Å². The fourth-order valence-corrected chi connectivity index (χ4v) is 2.05. The summed E-state index contributed by atoms with van der Waals surface area (Å²) in [6, 6.07) is 6.31. The quantitative estimate of drug-likeness (QED) is 0.721. The summed E-state index contributed by atoms with van der Waals surface area (Å²) in [5.74, 6) is 0.763. The lowest BCUT2D eigenvalue weighted by molar-refractivity contribution is 1.09. The third-order valence-electron chi connectivity index (χ3n) is 2.73. The Morgan fingerprint density at radius 3 is 2.61 bits per heavy atom. The van der Waals surface area contributed by atoms with E-state index < -0.39 is 0 Å². The number of rotatable bonds is 2. The average Bonchev–Trinajstić information content (AvgIpc) is 2.76. The van der Waals surface area contributed by atoms with E-state index in [1.165, 1.54) is 17.5 Å². The van der Waals surface area contributed by atoms with Crippen molar-refractivity contribution in [3.8, 4) is 0 Å². The standard InChI is InChI=1S/C13H13N5/c1-8-3-9(2)5-10(4-8)17-12-11-6-16-18-13(11)15-7-14-12/h3-7H,1-2H3,(H2,14,15,16,17,18). The third-order valence-corrected chi connectivity index (χ3v) is 2.73. The smallest absolute Gasteiger partial charge is 0.160 e. The Morgan fingerprint density at radius 2 is 1.83 bits per heavy atom. The molecule has 0 atom stereocenters. The van der Waals surface area contributed by atoms with Crippen LogP contribution in [0.25, 0.3) is 11.0 Å². The monoisotopic (exact) mass is 239 g/mol. The van der Waals surface area contributed by atoms with Crippen LogP contribution in [0.1, 0.15) is 11.1 Å². The number of benzene rings is 1. The fraction of sp³-hybridized carbons (Fsp3) is 0.154. The van der Waals surface area contributed by atoms with Crippen molar-refractivity contribution >= 4 is 22.5 Å². The van der Waals surface area contributed by atoms with Crippen LogP contribution in [0, 0.1) is 13.8 Å². The molecule has 18 heavy (non-hydrogen) atoms. The summed E-state index contributed by atoms with van der Waals surface area (Å²) in [5, 5.41) is 11.0. The average molecular weight is 239 g/mol.